The van der Waals surface area contributed by atoms with Gasteiger partial charge in [0.1, 0.15) is 5.76 Å². The number of rotatable bonds is 3. The van der Waals surface area contributed by atoms with E-state index in [1.165, 1.54) is 9.80 Å². The Morgan fingerprint density at radius 3 is 2.53 bits per heavy atom. The van der Waals surface area contributed by atoms with Gasteiger partial charge in [0.15, 0.2) is 5.54 Å². The van der Waals surface area contributed by atoms with Crippen LogP contribution in [0.1, 0.15) is 29.5 Å². The fraction of sp³-hybridized carbons (Fsp3) is 0.320. The number of Topliss-reactive ketones (excluding diaryl/α,β-unsaturated/α-hetero) is 1. The number of hydrogen-bond donors (Lipinski definition) is 1. The van der Waals surface area contributed by atoms with Crippen LogP contribution in [-0.2, 0) is 24.7 Å². The number of hydrogen-bond acceptors (Lipinski definition) is 5. The van der Waals surface area contributed by atoms with Gasteiger partial charge in [-0.3, -0.25) is 14.4 Å². The van der Waals surface area contributed by atoms with E-state index in [1.54, 1.807) is 55.6 Å². The maximum absolute atomic E-state index is 13.9. The van der Waals surface area contributed by atoms with E-state index in [4.69, 9.17) is 4.74 Å². The van der Waals surface area contributed by atoms with Gasteiger partial charge >= 0.3 is 0 Å². The quantitative estimate of drug-likeness (QED) is 0.458. The number of ketones is 1. The van der Waals surface area contributed by atoms with Crippen LogP contribution in [0.25, 0.3) is 5.76 Å². The zero-order chi connectivity index (χ0) is 22.6. The molecule has 1 N–H and O–H groups in total. The van der Waals surface area contributed by atoms with Gasteiger partial charge in [0.2, 0.25) is 0 Å². The molecule has 32 heavy (non-hydrogen) atoms. The van der Waals surface area contributed by atoms with E-state index in [1.807, 2.05) is 6.92 Å². The third-order valence-corrected chi connectivity index (χ3v) is 6.67. The second-order valence-corrected chi connectivity index (χ2v) is 8.56. The van der Waals surface area contributed by atoms with Gasteiger partial charge < -0.3 is 19.6 Å². The maximum atomic E-state index is 13.9. The smallest absolute Gasteiger partial charge is 0.296 e. The first kappa shape index (κ1) is 20.5. The molecule has 1 spiro atoms. The molecule has 0 aliphatic carbocycles. The van der Waals surface area contributed by atoms with Crippen molar-refractivity contribution in [3.8, 4) is 0 Å². The number of aliphatic hydroxyl groups excluding tert-OH is 1. The van der Waals surface area contributed by atoms with Gasteiger partial charge in [-0.05, 0) is 25.8 Å². The second kappa shape index (κ2) is 7.31. The Labute approximate surface area is 185 Å². The van der Waals surface area contributed by atoms with Crippen molar-refractivity contribution in [1.29, 1.82) is 0 Å². The molecule has 0 unspecified atom stereocenters. The van der Waals surface area contributed by atoms with Crippen molar-refractivity contribution < 1.29 is 24.2 Å². The number of carbonyl (C=O) groups is 3. The number of carbonyl (C=O) groups excluding carboxylic acids is 3. The molecule has 0 radical (unpaired) electrons. The van der Waals surface area contributed by atoms with Gasteiger partial charge in [-0.15, -0.1) is 0 Å². The average Bonchev–Trinajstić information content (AvgIpc) is 3.45. The summed E-state index contributed by atoms with van der Waals surface area (Å²) >= 11 is 0. The highest BCUT2D eigenvalue weighted by Gasteiger charge is 2.66. The minimum absolute atomic E-state index is 0.100. The van der Waals surface area contributed by atoms with Crippen molar-refractivity contribution in [2.45, 2.75) is 31.4 Å². The molecule has 3 aliphatic rings. The van der Waals surface area contributed by atoms with Crippen molar-refractivity contribution in [3.05, 3.63) is 70.8 Å². The summed E-state index contributed by atoms with van der Waals surface area (Å²) in [5, 5.41) is 11.3. The number of anilines is 1. The van der Waals surface area contributed by atoms with Gasteiger partial charge in [0.05, 0.1) is 11.7 Å². The molecule has 3 aliphatic heterocycles. The van der Waals surface area contributed by atoms with Crippen LogP contribution in [0.2, 0.25) is 0 Å². The Morgan fingerprint density at radius 2 is 1.84 bits per heavy atom. The molecule has 2 aromatic carbocycles. The molecule has 0 saturated carbocycles. The Hall–Kier alpha value is -3.45. The molecule has 7 nitrogen and oxygen atoms in total. The van der Waals surface area contributed by atoms with Crippen molar-refractivity contribution in [2.75, 3.05) is 25.1 Å². The first-order chi connectivity index (χ1) is 15.4. The number of nitrogens with zero attached hydrogens (tertiary/aromatic N) is 2. The predicted molar refractivity (Wildman–Crippen MR) is 118 cm³/mol. The van der Waals surface area contributed by atoms with Gasteiger partial charge in [0.25, 0.3) is 17.6 Å². The van der Waals surface area contributed by atoms with E-state index < -0.39 is 23.1 Å². The number of ether oxygens (including phenoxy) is 1. The van der Waals surface area contributed by atoms with Crippen LogP contribution in [0.4, 0.5) is 5.69 Å². The largest absolute Gasteiger partial charge is 0.507 e. The van der Waals surface area contributed by atoms with Crippen LogP contribution in [0.3, 0.4) is 0 Å². The fourth-order valence-corrected chi connectivity index (χ4v) is 5.07. The topological polar surface area (TPSA) is 87.1 Å². The van der Waals surface area contributed by atoms with Crippen molar-refractivity contribution in [3.63, 3.8) is 0 Å². The zero-order valence-corrected chi connectivity index (χ0v) is 18.0. The Bertz CT molecular complexity index is 1160. The van der Waals surface area contributed by atoms with Crippen molar-refractivity contribution in [2.24, 2.45) is 0 Å². The monoisotopic (exact) mass is 432 g/mol. The predicted octanol–water partition coefficient (Wildman–Crippen LogP) is 2.73. The van der Waals surface area contributed by atoms with Gasteiger partial charge in [-0.2, -0.15) is 0 Å². The number of likely N-dealkylation sites (tertiary alicyclic amines) is 1. The number of likely N-dealkylation sites (N-methyl/N-ethyl adjacent to an activating group) is 1. The molecule has 2 amide bonds. The van der Waals surface area contributed by atoms with Crippen LogP contribution in [0, 0.1) is 6.92 Å². The lowest BCUT2D eigenvalue weighted by Crippen LogP contribution is -2.53. The average molecular weight is 432 g/mol. The fourth-order valence-electron chi connectivity index (χ4n) is 5.07. The van der Waals surface area contributed by atoms with Gasteiger partial charge in [0, 0.05) is 37.0 Å². The Kier molecular flexibility index (Phi) is 4.67. The third kappa shape index (κ3) is 2.67. The number of aryl methyl sites for hydroxylation is 1. The van der Waals surface area contributed by atoms with Crippen molar-refractivity contribution >= 4 is 29.0 Å². The zero-order valence-electron chi connectivity index (χ0n) is 18.0. The highest BCUT2D eigenvalue weighted by molar-refractivity contribution is 6.50. The lowest BCUT2D eigenvalue weighted by Gasteiger charge is -2.35. The lowest BCUT2D eigenvalue weighted by atomic mass is 9.81. The van der Waals surface area contributed by atoms with E-state index in [0.717, 1.165) is 18.4 Å². The first-order valence-electron chi connectivity index (χ1n) is 10.7. The highest BCUT2D eigenvalue weighted by atomic mass is 16.5. The molecule has 5 rings (SSSR count). The summed E-state index contributed by atoms with van der Waals surface area (Å²) in [7, 11) is 1.62. The molecule has 0 bridgehead atoms. The van der Waals surface area contributed by atoms with E-state index in [9.17, 15) is 19.5 Å². The van der Waals surface area contributed by atoms with Crippen LogP contribution in [-0.4, -0.2) is 53.9 Å². The van der Waals surface area contributed by atoms with Crippen LogP contribution < -0.4 is 4.90 Å². The Morgan fingerprint density at radius 1 is 1.12 bits per heavy atom. The molecule has 2 fully saturated rings. The number of benzene rings is 2. The summed E-state index contributed by atoms with van der Waals surface area (Å²) in [4.78, 5) is 43.3. The summed E-state index contributed by atoms with van der Waals surface area (Å²) in [6.45, 7) is 2.59. The number of aliphatic hydroxyl groups is 1. The van der Waals surface area contributed by atoms with E-state index in [2.05, 4.69) is 0 Å². The lowest BCUT2D eigenvalue weighted by molar-refractivity contribution is -0.145. The van der Waals surface area contributed by atoms with Gasteiger partial charge in [-0.1, -0.05) is 48.0 Å². The summed E-state index contributed by atoms with van der Waals surface area (Å²) in [5.74, 6) is -2.45. The minimum atomic E-state index is -1.72. The normalized spacial score (nSPS) is 26.4. The van der Waals surface area contributed by atoms with E-state index in [-0.39, 0.29) is 24.0 Å². The Balaban J connectivity index is 1.79. The van der Waals surface area contributed by atoms with Crippen LogP contribution >= 0.6 is 0 Å². The molecular weight excluding hydrogens is 408 g/mol. The van der Waals surface area contributed by atoms with Gasteiger partial charge in [-0.25, -0.2) is 0 Å². The first-order valence-corrected chi connectivity index (χ1v) is 10.7. The van der Waals surface area contributed by atoms with Crippen molar-refractivity contribution in [1.82, 2.24) is 4.90 Å². The molecule has 164 valence electrons. The van der Waals surface area contributed by atoms with Crippen LogP contribution in [0.15, 0.2) is 54.1 Å². The molecule has 2 atom stereocenters. The second-order valence-electron chi connectivity index (χ2n) is 8.56. The highest BCUT2D eigenvalue weighted by Crippen LogP contribution is 2.53. The molecule has 2 saturated heterocycles. The minimum Gasteiger partial charge on any atom is -0.507 e. The molecule has 0 aromatic heterocycles. The van der Waals surface area contributed by atoms with Crippen LogP contribution in [0.5, 0.6) is 0 Å². The number of para-hydroxylation sites is 1. The molecule has 7 heteroatoms. The molecular formula is C25H24N2O5. The summed E-state index contributed by atoms with van der Waals surface area (Å²) in [6.07, 6.45) is 1.33. The number of amides is 2. The summed E-state index contributed by atoms with van der Waals surface area (Å²) in [5.41, 5.74) is 0.568. The maximum Gasteiger partial charge on any atom is 0.296 e. The SMILES string of the molecule is Cc1ccc(C(O)=C2C(=O)C(=O)N(C[C@H]3CCCO3)[C@@]23C(=O)N(C)c2ccccc23)cc1. The standard InChI is InChI=1S/C25H24N2O5/c1-15-9-11-16(12-10-15)21(28)20-22(29)23(30)27(14-17-6-5-13-32-17)25(20)18-7-3-4-8-19(18)26(2)24(25)31/h3-4,7-12,17,28H,5-6,13-14H2,1-2H3/t17-,25-/m1/s1. The molecule has 2 aromatic rings. The summed E-state index contributed by atoms with van der Waals surface area (Å²) in [6, 6.07) is 14.1. The number of fused-ring (bicyclic) bond motifs is 2. The third-order valence-electron chi connectivity index (χ3n) is 6.67. The molecule has 3 heterocycles. The van der Waals surface area contributed by atoms with E-state index in [0.29, 0.717) is 23.4 Å². The summed E-state index contributed by atoms with van der Waals surface area (Å²) < 4.78 is 5.74. The van der Waals surface area contributed by atoms with E-state index >= 15 is 0 Å².